The van der Waals surface area contributed by atoms with Crippen LogP contribution in [0.15, 0.2) is 18.2 Å². The molecule has 0 fully saturated rings. The molecule has 0 radical (unpaired) electrons. The molecule has 1 aromatic rings. The van der Waals surface area contributed by atoms with Gasteiger partial charge in [0.2, 0.25) is 0 Å². The second-order valence-corrected chi connectivity index (χ2v) is 4.28. The van der Waals surface area contributed by atoms with Gasteiger partial charge < -0.3 is 10.5 Å². The van der Waals surface area contributed by atoms with Gasteiger partial charge >= 0.3 is 0 Å². The number of fused-ring (bicyclic) bond motifs is 1. The number of nitrogens with two attached hydrogens (primary N) is 1. The summed E-state index contributed by atoms with van der Waals surface area (Å²) < 4.78 is 5.84. The van der Waals surface area contributed by atoms with Gasteiger partial charge in [0.05, 0.1) is 0 Å². The number of rotatable bonds is 4. The van der Waals surface area contributed by atoms with E-state index in [1.54, 1.807) is 0 Å². The van der Waals surface area contributed by atoms with E-state index in [-0.39, 0.29) is 0 Å². The highest BCUT2D eigenvalue weighted by atomic mass is 16.5. The van der Waals surface area contributed by atoms with E-state index in [0.29, 0.717) is 6.10 Å². The van der Waals surface area contributed by atoms with Crippen molar-refractivity contribution in [3.63, 3.8) is 0 Å². The van der Waals surface area contributed by atoms with Crippen LogP contribution >= 0.6 is 0 Å². The fourth-order valence-corrected chi connectivity index (χ4v) is 2.16. The zero-order chi connectivity index (χ0) is 10.7. The van der Waals surface area contributed by atoms with Crippen LogP contribution in [-0.4, -0.2) is 12.6 Å². The lowest BCUT2D eigenvalue weighted by molar-refractivity contribution is 0.252. The van der Waals surface area contributed by atoms with Gasteiger partial charge in [0.25, 0.3) is 0 Å². The second kappa shape index (κ2) is 4.67. The Hall–Kier alpha value is -1.02. The van der Waals surface area contributed by atoms with Crippen molar-refractivity contribution in [3.8, 4) is 5.75 Å². The molecule has 2 rings (SSSR count). The number of hydrogen-bond acceptors (Lipinski definition) is 2. The Morgan fingerprint density at radius 3 is 3.07 bits per heavy atom. The van der Waals surface area contributed by atoms with Gasteiger partial charge in [0.15, 0.2) is 0 Å². The predicted molar refractivity (Wildman–Crippen MR) is 62.2 cm³/mol. The van der Waals surface area contributed by atoms with E-state index >= 15 is 0 Å². The average molecular weight is 205 g/mol. The molecule has 0 aliphatic carbocycles. The second-order valence-electron chi connectivity index (χ2n) is 4.28. The molecule has 2 nitrogen and oxygen atoms in total. The first kappa shape index (κ1) is 10.5. The first-order valence-electron chi connectivity index (χ1n) is 5.78. The molecule has 1 unspecified atom stereocenters. The van der Waals surface area contributed by atoms with Crippen LogP contribution < -0.4 is 10.5 Å². The Morgan fingerprint density at radius 2 is 2.27 bits per heavy atom. The van der Waals surface area contributed by atoms with Crippen molar-refractivity contribution in [3.05, 3.63) is 29.3 Å². The van der Waals surface area contributed by atoms with Crippen LogP contribution in [0, 0.1) is 0 Å². The summed E-state index contributed by atoms with van der Waals surface area (Å²) in [6, 6.07) is 6.48. The lowest BCUT2D eigenvalue weighted by atomic mass is 10.0. The quantitative estimate of drug-likeness (QED) is 0.765. The van der Waals surface area contributed by atoms with Gasteiger partial charge in [-0.3, -0.25) is 0 Å². The zero-order valence-corrected chi connectivity index (χ0v) is 9.33. The molecule has 2 N–H and O–H groups in total. The number of ether oxygens (including phenoxy) is 1. The van der Waals surface area contributed by atoms with Gasteiger partial charge in [-0.25, -0.2) is 0 Å². The minimum Gasteiger partial charge on any atom is -0.490 e. The molecule has 1 heterocycles. The zero-order valence-electron chi connectivity index (χ0n) is 9.33. The van der Waals surface area contributed by atoms with Crippen LogP contribution in [-0.2, 0) is 12.8 Å². The molecule has 0 saturated carbocycles. The normalized spacial score (nSPS) is 18.7. The molecule has 0 saturated heterocycles. The number of para-hydroxylation sites is 1. The van der Waals surface area contributed by atoms with E-state index in [0.717, 1.165) is 38.0 Å². The molecule has 82 valence electrons. The summed E-state index contributed by atoms with van der Waals surface area (Å²) >= 11 is 0. The maximum absolute atomic E-state index is 5.84. The lowest BCUT2D eigenvalue weighted by Gasteiger charge is -2.08. The van der Waals surface area contributed by atoms with Crippen molar-refractivity contribution in [2.24, 2.45) is 5.73 Å². The van der Waals surface area contributed by atoms with Crippen LogP contribution in [0.2, 0.25) is 0 Å². The van der Waals surface area contributed by atoms with Gasteiger partial charge in [-0.2, -0.15) is 0 Å². The standard InChI is InChI=1S/C13H19NO/c1-10-9-12-7-4-6-11(13(12)15-10)5-2-3-8-14/h4,6-7,10H,2-3,5,8-9,14H2,1H3. The minimum atomic E-state index is 0.343. The Kier molecular flexibility index (Phi) is 3.27. The highest BCUT2D eigenvalue weighted by Gasteiger charge is 2.20. The smallest absolute Gasteiger partial charge is 0.126 e. The Balaban J connectivity index is 2.09. The third-order valence-corrected chi connectivity index (χ3v) is 2.90. The van der Waals surface area contributed by atoms with E-state index in [1.807, 2.05) is 0 Å². The topological polar surface area (TPSA) is 35.2 Å². The molecular formula is C13H19NO. The molecule has 2 heteroatoms. The van der Waals surface area contributed by atoms with Crippen LogP contribution in [0.25, 0.3) is 0 Å². The first-order chi connectivity index (χ1) is 7.31. The Labute approximate surface area is 91.4 Å². The molecule has 1 aliphatic heterocycles. The summed E-state index contributed by atoms with van der Waals surface area (Å²) in [5.74, 6) is 1.14. The van der Waals surface area contributed by atoms with Crippen molar-refractivity contribution in [1.82, 2.24) is 0 Å². The molecule has 0 amide bonds. The highest BCUT2D eigenvalue weighted by molar-refractivity contribution is 5.44. The molecule has 0 spiro atoms. The van der Waals surface area contributed by atoms with Crippen molar-refractivity contribution in [1.29, 1.82) is 0 Å². The maximum atomic E-state index is 5.84. The van der Waals surface area contributed by atoms with Crippen molar-refractivity contribution in [2.45, 2.75) is 38.7 Å². The molecule has 1 aliphatic rings. The molecule has 0 aromatic heterocycles. The summed E-state index contributed by atoms with van der Waals surface area (Å²) in [6.07, 6.45) is 4.74. The predicted octanol–water partition coefficient (Wildman–Crippen LogP) is 2.29. The van der Waals surface area contributed by atoms with Crippen molar-refractivity contribution >= 4 is 0 Å². The van der Waals surface area contributed by atoms with Gasteiger partial charge in [-0.05, 0) is 43.9 Å². The largest absolute Gasteiger partial charge is 0.490 e. The molecule has 1 atom stereocenters. The Morgan fingerprint density at radius 1 is 1.40 bits per heavy atom. The van der Waals surface area contributed by atoms with E-state index < -0.39 is 0 Å². The van der Waals surface area contributed by atoms with Crippen LogP contribution in [0.3, 0.4) is 0 Å². The van der Waals surface area contributed by atoms with Crippen molar-refractivity contribution < 1.29 is 4.74 Å². The van der Waals surface area contributed by atoms with E-state index in [4.69, 9.17) is 10.5 Å². The van der Waals surface area contributed by atoms with Crippen LogP contribution in [0.5, 0.6) is 5.75 Å². The summed E-state index contributed by atoms with van der Waals surface area (Å²) in [7, 11) is 0. The highest BCUT2D eigenvalue weighted by Crippen LogP contribution is 2.33. The van der Waals surface area contributed by atoms with E-state index in [1.165, 1.54) is 11.1 Å². The number of aryl methyl sites for hydroxylation is 1. The number of hydrogen-bond donors (Lipinski definition) is 1. The lowest BCUT2D eigenvalue weighted by Crippen LogP contribution is -2.06. The van der Waals surface area contributed by atoms with E-state index in [2.05, 4.69) is 25.1 Å². The summed E-state index contributed by atoms with van der Waals surface area (Å²) in [4.78, 5) is 0. The molecule has 0 bridgehead atoms. The number of unbranched alkanes of at least 4 members (excludes halogenated alkanes) is 1. The number of benzene rings is 1. The third-order valence-electron chi connectivity index (χ3n) is 2.90. The minimum absolute atomic E-state index is 0.343. The maximum Gasteiger partial charge on any atom is 0.126 e. The summed E-state index contributed by atoms with van der Waals surface area (Å²) in [6.45, 7) is 2.91. The fraction of sp³-hybridized carbons (Fsp3) is 0.538. The van der Waals surface area contributed by atoms with Crippen LogP contribution in [0.1, 0.15) is 30.9 Å². The average Bonchev–Trinajstić information content (AvgIpc) is 2.59. The van der Waals surface area contributed by atoms with Gasteiger partial charge in [-0.1, -0.05) is 18.2 Å². The summed E-state index contributed by atoms with van der Waals surface area (Å²) in [5.41, 5.74) is 8.22. The van der Waals surface area contributed by atoms with Crippen molar-refractivity contribution in [2.75, 3.05) is 6.54 Å². The molecule has 15 heavy (non-hydrogen) atoms. The van der Waals surface area contributed by atoms with Gasteiger partial charge in [0, 0.05) is 6.42 Å². The monoisotopic (exact) mass is 205 g/mol. The van der Waals surface area contributed by atoms with E-state index in [9.17, 15) is 0 Å². The summed E-state index contributed by atoms with van der Waals surface area (Å²) in [5, 5.41) is 0. The van der Waals surface area contributed by atoms with Gasteiger partial charge in [-0.15, -0.1) is 0 Å². The third kappa shape index (κ3) is 2.32. The van der Waals surface area contributed by atoms with Crippen LogP contribution in [0.4, 0.5) is 0 Å². The SMILES string of the molecule is CC1Cc2cccc(CCCCN)c2O1. The van der Waals surface area contributed by atoms with Gasteiger partial charge in [0.1, 0.15) is 11.9 Å². The Bertz CT molecular complexity index is 335. The molecular weight excluding hydrogens is 186 g/mol. The fourth-order valence-electron chi connectivity index (χ4n) is 2.16. The molecule has 1 aromatic carbocycles. The first-order valence-corrected chi connectivity index (χ1v) is 5.78.